The largest absolute Gasteiger partial charge is 0.269 e. The number of carbonyl (C=O) groups excluding carboxylic acids is 1. The summed E-state index contributed by atoms with van der Waals surface area (Å²) in [5.74, 6) is -0.00660. The summed E-state index contributed by atoms with van der Waals surface area (Å²) in [7, 11) is -3.82. The van der Waals surface area contributed by atoms with Crippen LogP contribution in [-0.4, -0.2) is 43.2 Å². The van der Waals surface area contributed by atoms with E-state index in [1.807, 2.05) is 72.6 Å². The minimum Gasteiger partial charge on any atom is -0.268 e. The molecule has 5 nitrogen and oxygen atoms in total. The quantitative estimate of drug-likeness (QED) is 0.328. The Morgan fingerprint density at radius 1 is 0.737 bits per heavy atom. The molecule has 0 spiro atoms. The Hall–Kier alpha value is -2.96. The first kappa shape index (κ1) is 25.3. The van der Waals surface area contributed by atoms with Gasteiger partial charge in [0.2, 0.25) is 0 Å². The lowest BCUT2D eigenvalue weighted by molar-refractivity contribution is -0.121. The van der Waals surface area contributed by atoms with Crippen molar-refractivity contribution in [2.24, 2.45) is 0 Å². The number of fused-ring (bicyclic) bond motifs is 4. The number of hydrogen-bond acceptors (Lipinski definition) is 4. The van der Waals surface area contributed by atoms with Gasteiger partial charge in [0.25, 0.3) is 5.91 Å². The van der Waals surface area contributed by atoms with Crippen molar-refractivity contribution in [3.8, 4) is 11.1 Å². The fourth-order valence-electron chi connectivity index (χ4n) is 7.21. The molecule has 3 aromatic carbocycles. The molecule has 1 saturated heterocycles. The smallest absolute Gasteiger partial charge is 0.268 e. The number of unbranched alkanes of at least 4 members (excludes halogenated alkanes) is 2. The van der Waals surface area contributed by atoms with Crippen LogP contribution in [0.2, 0.25) is 0 Å². The Bertz CT molecular complexity index is 1450. The summed E-state index contributed by atoms with van der Waals surface area (Å²) in [5.41, 5.74) is 3.91. The molecule has 6 heteroatoms. The Kier molecular flexibility index (Phi) is 6.23. The first-order chi connectivity index (χ1) is 18.5. The zero-order valence-corrected chi connectivity index (χ0v) is 23.1. The molecule has 198 valence electrons. The van der Waals surface area contributed by atoms with Gasteiger partial charge >= 0.3 is 0 Å². The minimum absolute atomic E-state index is 0.0737. The molecule has 0 N–H and O–H groups in total. The summed E-state index contributed by atoms with van der Waals surface area (Å²) >= 11 is 0. The topological polar surface area (TPSA) is 57.7 Å². The van der Waals surface area contributed by atoms with Crippen LogP contribution in [0.15, 0.2) is 72.8 Å². The lowest BCUT2D eigenvalue weighted by atomic mass is 9.69. The zero-order chi connectivity index (χ0) is 26.5. The van der Waals surface area contributed by atoms with Gasteiger partial charge in [-0.25, -0.2) is 13.4 Å². The number of rotatable bonds is 9. The molecular formula is C32H36N2O3S. The summed E-state index contributed by atoms with van der Waals surface area (Å²) in [6.45, 7) is 5.68. The molecular weight excluding hydrogens is 492 g/mol. The van der Waals surface area contributed by atoms with Crippen LogP contribution < -0.4 is 0 Å². The average molecular weight is 529 g/mol. The van der Waals surface area contributed by atoms with Crippen molar-refractivity contribution in [2.45, 2.75) is 62.7 Å². The van der Waals surface area contributed by atoms with Crippen LogP contribution in [-0.2, 0) is 20.1 Å². The molecule has 3 aromatic rings. The molecule has 38 heavy (non-hydrogen) atoms. The van der Waals surface area contributed by atoms with Crippen LogP contribution >= 0.6 is 0 Å². The normalized spacial score (nSPS) is 21.6. The molecule has 1 amide bonds. The van der Waals surface area contributed by atoms with Crippen molar-refractivity contribution in [3.63, 3.8) is 0 Å². The molecule has 0 saturated carbocycles. The van der Waals surface area contributed by atoms with Gasteiger partial charge in [0.05, 0.1) is 5.75 Å². The molecule has 3 aliphatic rings. The van der Waals surface area contributed by atoms with Crippen LogP contribution in [0.5, 0.6) is 0 Å². The number of hydrazine groups is 1. The molecule has 0 bridgehead atoms. The van der Waals surface area contributed by atoms with Crippen molar-refractivity contribution in [1.82, 2.24) is 10.0 Å². The van der Waals surface area contributed by atoms with E-state index in [1.165, 1.54) is 0 Å². The van der Waals surface area contributed by atoms with E-state index in [0.29, 0.717) is 18.4 Å². The highest BCUT2D eigenvalue weighted by atomic mass is 32.2. The standard InChI is InChI=1S/C32H36N2O3S/c1-3-5-20-31(27-17-10-9-16-26(27)30(35)34(31)33-21-13-22-33)32(38(36,37)23-6-4-2)28-18-11-7-14-24(28)25-15-8-12-19-29(25)32/h7-12,14-19H,3-6,13,20-23H2,1-2H3. The molecule has 1 aliphatic carbocycles. The third-order valence-corrected chi connectivity index (χ3v) is 11.4. The Morgan fingerprint density at radius 2 is 1.26 bits per heavy atom. The predicted octanol–water partition coefficient (Wildman–Crippen LogP) is 6.29. The summed E-state index contributed by atoms with van der Waals surface area (Å²) < 4.78 is 29.0. The zero-order valence-electron chi connectivity index (χ0n) is 22.3. The van der Waals surface area contributed by atoms with E-state index in [0.717, 1.165) is 66.6 Å². The Morgan fingerprint density at radius 3 is 1.79 bits per heavy atom. The number of nitrogens with zero attached hydrogens (tertiary/aromatic N) is 2. The Labute approximate surface area is 226 Å². The Balaban J connectivity index is 1.81. The van der Waals surface area contributed by atoms with Gasteiger partial charge in [0.15, 0.2) is 14.6 Å². The van der Waals surface area contributed by atoms with Gasteiger partial charge in [-0.15, -0.1) is 0 Å². The minimum atomic E-state index is -3.82. The molecule has 0 radical (unpaired) electrons. The average Bonchev–Trinajstić information content (AvgIpc) is 3.35. The fraction of sp³-hybridized carbons (Fsp3) is 0.406. The first-order valence-corrected chi connectivity index (χ1v) is 15.7. The highest BCUT2D eigenvalue weighted by Gasteiger charge is 2.72. The van der Waals surface area contributed by atoms with Crippen LogP contribution in [0, 0.1) is 0 Å². The number of amides is 1. The van der Waals surface area contributed by atoms with Crippen LogP contribution in [0.25, 0.3) is 11.1 Å². The lowest BCUT2D eigenvalue weighted by Gasteiger charge is -2.56. The maximum atomic E-state index is 15.2. The van der Waals surface area contributed by atoms with Crippen LogP contribution in [0.3, 0.4) is 0 Å². The van der Waals surface area contributed by atoms with Crippen LogP contribution in [0.4, 0.5) is 0 Å². The third kappa shape index (κ3) is 3.13. The van der Waals surface area contributed by atoms with E-state index in [1.54, 1.807) is 0 Å². The van der Waals surface area contributed by atoms with E-state index in [4.69, 9.17) is 0 Å². The predicted molar refractivity (Wildman–Crippen MR) is 151 cm³/mol. The van der Waals surface area contributed by atoms with E-state index >= 15 is 8.42 Å². The second-order valence-electron chi connectivity index (χ2n) is 10.9. The molecule has 1 atom stereocenters. The van der Waals surface area contributed by atoms with Gasteiger partial charge in [-0.2, -0.15) is 0 Å². The number of carbonyl (C=O) groups is 1. The number of hydrogen-bond donors (Lipinski definition) is 0. The molecule has 1 fully saturated rings. The summed E-state index contributed by atoms with van der Waals surface area (Å²) in [6, 6.07) is 23.8. The highest BCUT2D eigenvalue weighted by Crippen LogP contribution is 2.66. The van der Waals surface area contributed by atoms with Gasteiger partial charge in [0, 0.05) is 18.7 Å². The molecule has 6 rings (SSSR count). The summed E-state index contributed by atoms with van der Waals surface area (Å²) in [4.78, 5) is 14.4. The molecule has 2 aliphatic heterocycles. The second kappa shape index (κ2) is 9.35. The van der Waals surface area contributed by atoms with Crippen LogP contribution in [0.1, 0.15) is 79.4 Å². The number of sulfone groups is 1. The van der Waals surface area contributed by atoms with Crippen molar-refractivity contribution in [2.75, 3.05) is 18.8 Å². The van der Waals surface area contributed by atoms with E-state index in [9.17, 15) is 4.79 Å². The van der Waals surface area contributed by atoms with E-state index in [-0.39, 0.29) is 11.7 Å². The monoisotopic (exact) mass is 528 g/mol. The lowest BCUT2D eigenvalue weighted by Crippen LogP contribution is -2.68. The molecule has 0 aromatic heterocycles. The van der Waals surface area contributed by atoms with E-state index < -0.39 is 20.1 Å². The van der Waals surface area contributed by atoms with Gasteiger partial charge in [-0.1, -0.05) is 99.8 Å². The number of benzene rings is 3. The highest BCUT2D eigenvalue weighted by molar-refractivity contribution is 7.92. The first-order valence-electron chi connectivity index (χ1n) is 14.1. The SMILES string of the molecule is CCCCC1(C2(S(=O)(=O)CCCC)c3ccccc3-c3ccccc32)c2ccccc2C(=O)N1N1CCC1. The van der Waals surface area contributed by atoms with Crippen molar-refractivity contribution < 1.29 is 13.2 Å². The molecule has 2 heterocycles. The van der Waals surface area contributed by atoms with Gasteiger partial charge in [-0.3, -0.25) is 9.80 Å². The van der Waals surface area contributed by atoms with Gasteiger partial charge in [-0.05, 0) is 53.1 Å². The summed E-state index contributed by atoms with van der Waals surface area (Å²) in [6.07, 6.45) is 4.63. The van der Waals surface area contributed by atoms with Crippen molar-refractivity contribution >= 4 is 15.7 Å². The maximum absolute atomic E-state index is 15.2. The van der Waals surface area contributed by atoms with Gasteiger partial charge < -0.3 is 0 Å². The third-order valence-electron chi connectivity index (χ3n) is 8.88. The second-order valence-corrected chi connectivity index (χ2v) is 13.1. The van der Waals surface area contributed by atoms with Crippen molar-refractivity contribution in [3.05, 3.63) is 95.1 Å². The van der Waals surface area contributed by atoms with Crippen molar-refractivity contribution in [1.29, 1.82) is 0 Å². The van der Waals surface area contributed by atoms with E-state index in [2.05, 4.69) is 24.1 Å². The fourth-order valence-corrected chi connectivity index (χ4v) is 10.0. The summed E-state index contributed by atoms with van der Waals surface area (Å²) in [5, 5.41) is 4.01. The maximum Gasteiger partial charge on any atom is 0.269 e. The van der Waals surface area contributed by atoms with Gasteiger partial charge in [0.1, 0.15) is 5.54 Å². The molecule has 1 unspecified atom stereocenters.